The maximum Gasteiger partial charge on any atom is 0.408 e. The Morgan fingerprint density at radius 3 is 2.28 bits per heavy atom. The van der Waals surface area contributed by atoms with Crippen LogP contribution in [0.15, 0.2) is 18.2 Å². The minimum Gasteiger partial charge on any atom is -0.508 e. The Kier molecular flexibility index (Phi) is 13.7. The molecule has 9 heteroatoms. The van der Waals surface area contributed by atoms with E-state index in [1.807, 2.05) is 0 Å². The first-order chi connectivity index (χ1) is 16.9. The molecule has 1 aromatic rings. The lowest BCUT2D eigenvalue weighted by atomic mass is 9.99. The SMILES string of the molecule is CCCCCNC(=O)C(c1ccc(O)c(C)c1)N(CCCCC)C(=O)C(CS)NC(=O)OC(C)(C)C. The van der Waals surface area contributed by atoms with Crippen LogP contribution in [0.2, 0.25) is 0 Å². The molecule has 1 aromatic carbocycles. The van der Waals surface area contributed by atoms with Crippen molar-refractivity contribution in [3.8, 4) is 5.75 Å². The van der Waals surface area contributed by atoms with Crippen molar-refractivity contribution in [2.45, 2.75) is 97.8 Å². The van der Waals surface area contributed by atoms with Crippen molar-refractivity contribution in [1.29, 1.82) is 0 Å². The number of benzene rings is 1. The largest absolute Gasteiger partial charge is 0.508 e. The summed E-state index contributed by atoms with van der Waals surface area (Å²) >= 11 is 4.31. The van der Waals surface area contributed by atoms with Crippen molar-refractivity contribution in [1.82, 2.24) is 15.5 Å². The van der Waals surface area contributed by atoms with Crippen LogP contribution in [0.4, 0.5) is 4.79 Å². The van der Waals surface area contributed by atoms with Crippen LogP contribution in [-0.4, -0.2) is 58.4 Å². The molecule has 0 aliphatic heterocycles. The molecule has 2 atom stereocenters. The van der Waals surface area contributed by atoms with E-state index in [-0.39, 0.29) is 17.4 Å². The third kappa shape index (κ3) is 10.7. The van der Waals surface area contributed by atoms with Gasteiger partial charge in [-0.3, -0.25) is 9.59 Å². The molecule has 36 heavy (non-hydrogen) atoms. The maximum atomic E-state index is 13.8. The Morgan fingerprint density at radius 2 is 1.72 bits per heavy atom. The molecule has 0 saturated heterocycles. The van der Waals surface area contributed by atoms with Gasteiger partial charge in [0.05, 0.1) is 0 Å². The maximum absolute atomic E-state index is 13.8. The molecule has 0 aliphatic carbocycles. The Balaban J connectivity index is 3.36. The number of thiol groups is 1. The van der Waals surface area contributed by atoms with E-state index in [1.165, 1.54) is 11.0 Å². The van der Waals surface area contributed by atoms with Crippen LogP contribution in [0.25, 0.3) is 0 Å². The number of rotatable bonds is 14. The van der Waals surface area contributed by atoms with Gasteiger partial charge in [0.2, 0.25) is 11.8 Å². The molecular weight excluding hydrogens is 478 g/mol. The number of amides is 3. The minimum atomic E-state index is -0.974. The number of carbonyl (C=O) groups excluding carboxylic acids is 3. The normalized spacial score (nSPS) is 13.0. The third-order valence-corrected chi connectivity index (χ3v) is 6.00. The number of phenols is 1. The summed E-state index contributed by atoms with van der Waals surface area (Å²) in [4.78, 5) is 41.3. The van der Waals surface area contributed by atoms with E-state index in [0.717, 1.165) is 32.1 Å². The zero-order chi connectivity index (χ0) is 27.3. The summed E-state index contributed by atoms with van der Waals surface area (Å²) in [5.41, 5.74) is 0.479. The molecule has 1 rings (SSSR count). The van der Waals surface area contributed by atoms with Gasteiger partial charge in [0.25, 0.3) is 0 Å². The average Bonchev–Trinajstić information content (AvgIpc) is 2.80. The molecule has 0 fully saturated rings. The van der Waals surface area contributed by atoms with Crippen LogP contribution in [0, 0.1) is 6.92 Å². The van der Waals surface area contributed by atoms with Crippen molar-refractivity contribution in [3.63, 3.8) is 0 Å². The van der Waals surface area contributed by atoms with E-state index in [2.05, 4.69) is 37.1 Å². The fraction of sp³-hybridized carbons (Fsp3) is 0.667. The lowest BCUT2D eigenvalue weighted by Crippen LogP contribution is -2.54. The molecule has 3 N–H and O–H groups in total. The summed E-state index contributed by atoms with van der Waals surface area (Å²) in [5, 5.41) is 15.6. The minimum absolute atomic E-state index is 0.0435. The lowest BCUT2D eigenvalue weighted by molar-refractivity contribution is -0.142. The number of unbranched alkanes of at least 4 members (excludes halogenated alkanes) is 4. The first kappa shape index (κ1) is 31.6. The van der Waals surface area contributed by atoms with Gasteiger partial charge in [-0.15, -0.1) is 0 Å². The van der Waals surface area contributed by atoms with Crippen LogP contribution in [0.1, 0.15) is 90.3 Å². The van der Waals surface area contributed by atoms with E-state index in [9.17, 15) is 19.5 Å². The van der Waals surface area contributed by atoms with Crippen LogP contribution in [0.5, 0.6) is 5.75 Å². The molecule has 0 spiro atoms. The van der Waals surface area contributed by atoms with Gasteiger partial charge in [0, 0.05) is 18.8 Å². The van der Waals surface area contributed by atoms with E-state index in [0.29, 0.717) is 30.6 Å². The van der Waals surface area contributed by atoms with Crippen molar-refractivity contribution in [2.75, 3.05) is 18.8 Å². The molecule has 3 amide bonds. The van der Waals surface area contributed by atoms with Gasteiger partial charge >= 0.3 is 6.09 Å². The molecule has 204 valence electrons. The summed E-state index contributed by atoms with van der Waals surface area (Å²) in [5.74, 6) is -0.547. The zero-order valence-electron chi connectivity index (χ0n) is 22.7. The smallest absolute Gasteiger partial charge is 0.408 e. The quantitative estimate of drug-likeness (QED) is 0.205. The number of alkyl carbamates (subject to hydrolysis) is 1. The number of phenolic OH excluding ortho intramolecular Hbond substituents is 1. The standard InChI is InChI=1S/C27H45N3O5S/c1-7-9-11-15-28-24(32)23(20-13-14-22(31)19(3)17-20)30(16-12-10-8-2)25(33)21(18-36)29-26(34)35-27(4,5)6/h13-14,17,21,23,31,36H,7-12,15-16,18H2,1-6H3,(H,28,32)(H,29,34). The summed E-state index contributed by atoms with van der Waals surface area (Å²) < 4.78 is 5.33. The number of nitrogens with one attached hydrogen (secondary N) is 2. The molecule has 0 aromatic heterocycles. The fourth-order valence-electron chi connectivity index (χ4n) is 3.74. The Morgan fingerprint density at radius 1 is 1.08 bits per heavy atom. The molecule has 0 aliphatic rings. The Bertz CT molecular complexity index is 856. The van der Waals surface area contributed by atoms with Crippen molar-refractivity contribution in [2.24, 2.45) is 0 Å². The highest BCUT2D eigenvalue weighted by atomic mass is 32.1. The molecule has 0 saturated carbocycles. The van der Waals surface area contributed by atoms with Gasteiger partial charge in [-0.25, -0.2) is 4.79 Å². The number of nitrogens with zero attached hydrogens (tertiary/aromatic N) is 1. The Labute approximate surface area is 222 Å². The first-order valence-electron chi connectivity index (χ1n) is 12.9. The number of hydrogen-bond acceptors (Lipinski definition) is 6. The van der Waals surface area contributed by atoms with Gasteiger partial charge < -0.3 is 25.4 Å². The zero-order valence-corrected chi connectivity index (χ0v) is 23.6. The highest BCUT2D eigenvalue weighted by Gasteiger charge is 2.35. The van der Waals surface area contributed by atoms with Gasteiger partial charge in [-0.2, -0.15) is 12.6 Å². The second kappa shape index (κ2) is 15.6. The fourth-order valence-corrected chi connectivity index (χ4v) is 3.99. The predicted molar refractivity (Wildman–Crippen MR) is 146 cm³/mol. The molecule has 8 nitrogen and oxygen atoms in total. The van der Waals surface area contributed by atoms with Crippen LogP contribution in [0.3, 0.4) is 0 Å². The van der Waals surface area contributed by atoms with Crippen LogP contribution < -0.4 is 10.6 Å². The molecule has 0 heterocycles. The van der Waals surface area contributed by atoms with E-state index in [1.54, 1.807) is 39.8 Å². The van der Waals surface area contributed by atoms with Crippen molar-refractivity contribution in [3.05, 3.63) is 29.3 Å². The summed E-state index contributed by atoms with van der Waals surface area (Å²) in [6, 6.07) is 3.03. The number of hydrogen-bond donors (Lipinski definition) is 4. The lowest BCUT2D eigenvalue weighted by Gasteiger charge is -2.34. The molecule has 2 unspecified atom stereocenters. The van der Waals surface area contributed by atoms with E-state index < -0.39 is 29.7 Å². The van der Waals surface area contributed by atoms with Gasteiger partial charge in [0.1, 0.15) is 23.4 Å². The summed E-state index contributed by atoms with van der Waals surface area (Å²) in [6.07, 6.45) is 4.66. The summed E-state index contributed by atoms with van der Waals surface area (Å²) in [6.45, 7) is 12.0. The average molecular weight is 524 g/mol. The topological polar surface area (TPSA) is 108 Å². The second-order valence-electron chi connectivity index (χ2n) is 10.1. The van der Waals surface area contributed by atoms with Crippen molar-refractivity contribution < 1.29 is 24.2 Å². The number of aromatic hydroxyl groups is 1. The van der Waals surface area contributed by atoms with Gasteiger partial charge in [0.15, 0.2) is 0 Å². The van der Waals surface area contributed by atoms with Crippen LogP contribution in [-0.2, 0) is 14.3 Å². The number of ether oxygens (including phenoxy) is 1. The van der Waals surface area contributed by atoms with Gasteiger partial charge in [-0.05, 0) is 63.8 Å². The summed E-state index contributed by atoms with van der Waals surface area (Å²) in [7, 11) is 0. The van der Waals surface area contributed by atoms with E-state index >= 15 is 0 Å². The Hall–Kier alpha value is -2.42. The highest BCUT2D eigenvalue weighted by Crippen LogP contribution is 2.27. The molecule has 0 bridgehead atoms. The van der Waals surface area contributed by atoms with Crippen LogP contribution >= 0.6 is 12.6 Å². The molecular formula is C27H45N3O5S. The van der Waals surface area contributed by atoms with Gasteiger partial charge in [-0.1, -0.05) is 45.6 Å². The molecule has 0 radical (unpaired) electrons. The predicted octanol–water partition coefficient (Wildman–Crippen LogP) is 4.89. The first-order valence-corrected chi connectivity index (χ1v) is 13.6. The monoisotopic (exact) mass is 523 g/mol. The number of aryl methyl sites for hydroxylation is 1. The highest BCUT2D eigenvalue weighted by molar-refractivity contribution is 7.80. The van der Waals surface area contributed by atoms with Crippen molar-refractivity contribution >= 4 is 30.5 Å². The van der Waals surface area contributed by atoms with E-state index in [4.69, 9.17) is 4.74 Å². The third-order valence-electron chi connectivity index (χ3n) is 5.63. The number of carbonyl (C=O) groups is 3. The second-order valence-corrected chi connectivity index (χ2v) is 10.4.